The summed E-state index contributed by atoms with van der Waals surface area (Å²) in [6, 6.07) is 6.38. The Morgan fingerprint density at radius 1 is 1.08 bits per heavy atom. The van der Waals surface area contributed by atoms with E-state index in [0.717, 1.165) is 33.7 Å². The van der Waals surface area contributed by atoms with Crippen molar-refractivity contribution in [2.24, 2.45) is 10.4 Å². The highest BCUT2D eigenvalue weighted by Gasteiger charge is 2.15. The van der Waals surface area contributed by atoms with Crippen LogP contribution < -0.4 is 5.32 Å². The Morgan fingerprint density at radius 2 is 1.68 bits per heavy atom. The molecule has 2 nitrogen and oxygen atoms in total. The summed E-state index contributed by atoms with van der Waals surface area (Å²) >= 11 is 0. The predicted octanol–water partition coefficient (Wildman–Crippen LogP) is 5.82. The van der Waals surface area contributed by atoms with E-state index in [1.54, 1.807) is 0 Å². The summed E-state index contributed by atoms with van der Waals surface area (Å²) in [4.78, 5) is 4.35. The van der Waals surface area contributed by atoms with Crippen LogP contribution in [0.2, 0.25) is 0 Å². The Hall–Kier alpha value is -2.35. The fourth-order valence-corrected chi connectivity index (χ4v) is 2.44. The number of hydrogen-bond donors (Lipinski definition) is 1. The van der Waals surface area contributed by atoms with Gasteiger partial charge in [0.2, 0.25) is 0 Å². The maximum atomic E-state index is 4.35. The Morgan fingerprint density at radius 3 is 2.20 bits per heavy atom. The summed E-state index contributed by atoms with van der Waals surface area (Å²) in [7, 11) is 1.82. The highest BCUT2D eigenvalue weighted by molar-refractivity contribution is 5.99. The molecule has 0 fully saturated rings. The highest BCUT2D eigenvalue weighted by Crippen LogP contribution is 2.20. The maximum Gasteiger partial charge on any atom is 0.0398 e. The molecule has 1 aromatic rings. The van der Waals surface area contributed by atoms with Crippen molar-refractivity contribution < 1.29 is 0 Å². The van der Waals surface area contributed by atoms with Crippen LogP contribution in [0.5, 0.6) is 0 Å². The van der Waals surface area contributed by atoms with E-state index < -0.39 is 0 Å². The third kappa shape index (κ3) is 6.58. The lowest BCUT2D eigenvalue weighted by Crippen LogP contribution is -2.18. The number of benzene rings is 1. The first-order chi connectivity index (χ1) is 11.5. The second-order valence-corrected chi connectivity index (χ2v) is 7.55. The average Bonchev–Trinajstić information content (AvgIpc) is 2.51. The van der Waals surface area contributed by atoms with Gasteiger partial charge in [0.05, 0.1) is 0 Å². The number of rotatable bonds is 7. The number of aryl methyl sites for hydroxylation is 1. The summed E-state index contributed by atoms with van der Waals surface area (Å²) in [5, 5.41) is 3.36. The van der Waals surface area contributed by atoms with Gasteiger partial charge in [0.15, 0.2) is 0 Å². The van der Waals surface area contributed by atoms with Crippen LogP contribution in [0.3, 0.4) is 0 Å². The molecule has 0 atom stereocenters. The van der Waals surface area contributed by atoms with E-state index in [9.17, 15) is 0 Å². The normalized spacial score (nSPS) is 12.3. The molecule has 0 aromatic heterocycles. The van der Waals surface area contributed by atoms with Gasteiger partial charge >= 0.3 is 0 Å². The molecule has 0 spiro atoms. The maximum absolute atomic E-state index is 4.35. The average molecular weight is 337 g/mol. The molecular weight excluding hydrogens is 304 g/mol. The number of nitrogens with one attached hydrogen (secondary N) is 1. The molecule has 0 aliphatic heterocycles. The number of aliphatic imine (C=N–C) groups is 1. The highest BCUT2D eigenvalue weighted by atomic mass is 14.9. The zero-order valence-electron chi connectivity index (χ0n) is 16.7. The monoisotopic (exact) mass is 336 g/mol. The van der Waals surface area contributed by atoms with Gasteiger partial charge in [-0.25, -0.2) is 0 Å². The third-order valence-corrected chi connectivity index (χ3v) is 3.93. The topological polar surface area (TPSA) is 24.4 Å². The molecule has 0 aliphatic rings. The van der Waals surface area contributed by atoms with E-state index >= 15 is 0 Å². The fraction of sp³-hybridized carbons (Fsp3) is 0.348. The molecule has 1 rings (SSSR count). The molecule has 0 aliphatic carbocycles. The van der Waals surface area contributed by atoms with Crippen LogP contribution in [0.1, 0.15) is 44.4 Å². The van der Waals surface area contributed by atoms with E-state index in [2.05, 4.69) is 75.9 Å². The molecule has 1 N–H and O–H groups in total. The van der Waals surface area contributed by atoms with Crippen LogP contribution in [-0.4, -0.2) is 19.3 Å². The quantitative estimate of drug-likeness (QED) is 0.492. The first-order valence-corrected chi connectivity index (χ1v) is 8.58. The van der Waals surface area contributed by atoms with Crippen LogP contribution in [0.15, 0.2) is 60.7 Å². The van der Waals surface area contributed by atoms with Crippen LogP contribution in [-0.2, 0) is 0 Å². The Balaban J connectivity index is 2.74. The minimum atomic E-state index is 0.0308. The van der Waals surface area contributed by atoms with Gasteiger partial charge in [-0.3, -0.25) is 4.99 Å². The Kier molecular flexibility index (Phi) is 7.17. The van der Waals surface area contributed by atoms with Crippen LogP contribution >= 0.6 is 0 Å². The van der Waals surface area contributed by atoms with Crippen molar-refractivity contribution in [2.45, 2.75) is 34.6 Å². The molecule has 0 heterocycles. The van der Waals surface area contributed by atoms with Crippen molar-refractivity contribution in [3.8, 4) is 0 Å². The SMILES string of the molecule is C=C(/C=C\C(=NC)C(C)(C)C)CNC(=C)c1cc(C)cc(C(=C)C)c1. The van der Waals surface area contributed by atoms with Crippen molar-refractivity contribution in [2.75, 3.05) is 13.6 Å². The minimum Gasteiger partial charge on any atom is -0.381 e. The van der Waals surface area contributed by atoms with Crippen molar-refractivity contribution >= 4 is 17.0 Å². The fourth-order valence-electron chi connectivity index (χ4n) is 2.44. The van der Waals surface area contributed by atoms with Gasteiger partial charge < -0.3 is 5.32 Å². The first-order valence-electron chi connectivity index (χ1n) is 8.58. The van der Waals surface area contributed by atoms with Crippen molar-refractivity contribution in [1.29, 1.82) is 0 Å². The van der Waals surface area contributed by atoms with E-state index in [1.807, 2.05) is 26.1 Å². The Labute approximate surface area is 153 Å². The number of allylic oxidation sites excluding steroid dienone is 2. The lowest BCUT2D eigenvalue weighted by atomic mass is 9.89. The second kappa shape index (κ2) is 8.66. The molecular formula is C23H32N2. The molecule has 0 radical (unpaired) electrons. The van der Waals surface area contributed by atoms with E-state index in [0.29, 0.717) is 6.54 Å². The minimum absolute atomic E-state index is 0.0308. The molecule has 2 heteroatoms. The third-order valence-electron chi connectivity index (χ3n) is 3.93. The largest absolute Gasteiger partial charge is 0.381 e. The molecule has 0 amide bonds. The van der Waals surface area contributed by atoms with Gasteiger partial charge in [-0.05, 0) is 54.3 Å². The summed E-state index contributed by atoms with van der Waals surface area (Å²) in [5.41, 5.74) is 7.44. The molecule has 0 bridgehead atoms. The van der Waals surface area contributed by atoms with Crippen LogP contribution in [0, 0.1) is 12.3 Å². The Bertz CT molecular complexity index is 725. The second-order valence-electron chi connectivity index (χ2n) is 7.55. The molecule has 1 aromatic carbocycles. The molecule has 0 saturated heterocycles. The zero-order chi connectivity index (χ0) is 19.2. The van der Waals surface area contributed by atoms with Gasteiger partial charge in [0.1, 0.15) is 0 Å². The van der Waals surface area contributed by atoms with E-state index in [4.69, 9.17) is 0 Å². The summed E-state index contributed by atoms with van der Waals surface area (Å²) in [6.45, 7) is 23.5. The molecule has 0 unspecified atom stereocenters. The summed E-state index contributed by atoms with van der Waals surface area (Å²) < 4.78 is 0. The van der Waals surface area contributed by atoms with Crippen LogP contribution in [0.25, 0.3) is 11.3 Å². The number of nitrogens with zero attached hydrogens (tertiary/aromatic N) is 1. The predicted molar refractivity (Wildman–Crippen MR) is 114 cm³/mol. The number of hydrogen-bond acceptors (Lipinski definition) is 2. The lowest BCUT2D eigenvalue weighted by molar-refractivity contribution is 0.593. The molecule has 0 saturated carbocycles. The zero-order valence-corrected chi connectivity index (χ0v) is 16.7. The van der Waals surface area contributed by atoms with Crippen molar-refractivity contribution in [3.05, 3.63) is 72.4 Å². The van der Waals surface area contributed by atoms with E-state index in [-0.39, 0.29) is 5.41 Å². The summed E-state index contributed by atoms with van der Waals surface area (Å²) in [5.74, 6) is 0. The molecule has 25 heavy (non-hydrogen) atoms. The lowest BCUT2D eigenvalue weighted by Gasteiger charge is -2.18. The first kappa shape index (κ1) is 20.7. The van der Waals surface area contributed by atoms with Gasteiger partial charge in [0.25, 0.3) is 0 Å². The van der Waals surface area contributed by atoms with Gasteiger partial charge in [-0.15, -0.1) is 0 Å². The smallest absolute Gasteiger partial charge is 0.0398 e. The summed E-state index contributed by atoms with van der Waals surface area (Å²) in [6.07, 6.45) is 4.06. The van der Waals surface area contributed by atoms with Crippen molar-refractivity contribution in [3.63, 3.8) is 0 Å². The van der Waals surface area contributed by atoms with Gasteiger partial charge in [-0.1, -0.05) is 58.2 Å². The van der Waals surface area contributed by atoms with Crippen LogP contribution in [0.4, 0.5) is 0 Å². The standard InChI is InChI=1S/C23H32N2/c1-16(2)20-12-18(4)13-21(14-20)19(5)25-15-17(3)10-11-22(24-9)23(6,7)8/h10-14,25H,1,3,5,15H2,2,4,6-9H3/b11-10-,24-22?. The van der Waals surface area contributed by atoms with Gasteiger partial charge in [-0.2, -0.15) is 0 Å². The van der Waals surface area contributed by atoms with Gasteiger partial charge in [0, 0.05) is 30.4 Å². The van der Waals surface area contributed by atoms with Crippen molar-refractivity contribution in [1.82, 2.24) is 5.32 Å². The molecule has 134 valence electrons. The van der Waals surface area contributed by atoms with E-state index in [1.165, 1.54) is 5.56 Å².